The summed E-state index contributed by atoms with van der Waals surface area (Å²) in [5.74, 6) is 1.68. The molecule has 0 radical (unpaired) electrons. The highest BCUT2D eigenvalue weighted by atomic mass is 32.2. The van der Waals surface area contributed by atoms with E-state index >= 15 is 0 Å². The van der Waals surface area contributed by atoms with Crippen molar-refractivity contribution < 1.29 is 4.79 Å². The Morgan fingerprint density at radius 3 is 3.10 bits per heavy atom. The van der Waals surface area contributed by atoms with E-state index in [1.807, 2.05) is 11.8 Å². The molecule has 1 unspecified atom stereocenters. The molecule has 0 aromatic heterocycles. The smallest absolute Gasteiger partial charge is 0.223 e. The molecule has 0 bridgehead atoms. The van der Waals surface area contributed by atoms with Crippen LogP contribution in [0.3, 0.4) is 0 Å². The van der Waals surface area contributed by atoms with Gasteiger partial charge in [-0.05, 0) is 24.9 Å². The average molecular weight is 159 g/mol. The molecule has 1 atom stereocenters. The van der Waals surface area contributed by atoms with Crippen molar-refractivity contribution >= 4 is 17.7 Å². The number of carbonyl (C=O) groups is 1. The van der Waals surface area contributed by atoms with E-state index < -0.39 is 0 Å². The maximum absolute atomic E-state index is 11.0. The van der Waals surface area contributed by atoms with Crippen molar-refractivity contribution in [3.8, 4) is 0 Å². The molecular weight excluding hydrogens is 146 g/mol. The summed E-state index contributed by atoms with van der Waals surface area (Å²) in [7, 11) is 0. The Bertz CT molecular complexity index is 127. The Morgan fingerprint density at radius 1 is 1.80 bits per heavy atom. The van der Waals surface area contributed by atoms with Gasteiger partial charge in [0.15, 0.2) is 0 Å². The minimum atomic E-state index is 0.258. The molecule has 1 amide bonds. The first-order valence-electron chi connectivity index (χ1n) is 3.61. The second kappa shape index (κ2) is 3.86. The van der Waals surface area contributed by atoms with Gasteiger partial charge in [0.2, 0.25) is 5.91 Å². The second-order valence-electron chi connectivity index (χ2n) is 2.56. The summed E-state index contributed by atoms with van der Waals surface area (Å²) >= 11 is 1.81. The molecule has 2 nitrogen and oxygen atoms in total. The van der Waals surface area contributed by atoms with Crippen LogP contribution in [0.4, 0.5) is 0 Å². The van der Waals surface area contributed by atoms with Gasteiger partial charge in [0.25, 0.3) is 0 Å². The van der Waals surface area contributed by atoms with Gasteiger partial charge in [0, 0.05) is 12.5 Å². The van der Waals surface area contributed by atoms with E-state index in [2.05, 4.69) is 11.6 Å². The minimum Gasteiger partial charge on any atom is -0.356 e. The maximum Gasteiger partial charge on any atom is 0.223 e. The molecule has 1 N–H and O–H groups in total. The Morgan fingerprint density at radius 2 is 2.60 bits per heavy atom. The molecule has 1 rings (SSSR count). The third-order valence-electron chi connectivity index (χ3n) is 1.83. The third kappa shape index (κ3) is 1.90. The fourth-order valence-electron chi connectivity index (χ4n) is 1.18. The van der Waals surface area contributed by atoms with Gasteiger partial charge in [-0.3, -0.25) is 4.79 Å². The van der Waals surface area contributed by atoms with Gasteiger partial charge < -0.3 is 5.32 Å². The van der Waals surface area contributed by atoms with Gasteiger partial charge in [-0.15, -0.1) is 0 Å². The number of amides is 1. The molecule has 0 aromatic rings. The molecule has 1 aliphatic heterocycles. The van der Waals surface area contributed by atoms with E-state index in [0.29, 0.717) is 5.92 Å². The van der Waals surface area contributed by atoms with Crippen molar-refractivity contribution in [3.63, 3.8) is 0 Å². The molecule has 3 heteroatoms. The fourth-order valence-corrected chi connectivity index (χ4v) is 1.70. The predicted molar refractivity (Wildman–Crippen MR) is 44.1 cm³/mol. The number of hydrogen-bond acceptors (Lipinski definition) is 2. The van der Waals surface area contributed by atoms with Gasteiger partial charge in [-0.1, -0.05) is 0 Å². The van der Waals surface area contributed by atoms with Crippen molar-refractivity contribution in [1.82, 2.24) is 5.32 Å². The lowest BCUT2D eigenvalue weighted by Crippen LogP contribution is -2.19. The molecule has 1 saturated heterocycles. The van der Waals surface area contributed by atoms with Gasteiger partial charge in [-0.25, -0.2) is 0 Å². The first-order chi connectivity index (χ1) is 4.84. The number of rotatable bonds is 3. The highest BCUT2D eigenvalue weighted by Crippen LogP contribution is 2.15. The lowest BCUT2D eigenvalue weighted by Gasteiger charge is -2.02. The van der Waals surface area contributed by atoms with Crippen LogP contribution in [0.5, 0.6) is 0 Å². The summed E-state index contributed by atoms with van der Waals surface area (Å²) in [4.78, 5) is 11.0. The number of carbonyl (C=O) groups excluding carboxylic acids is 1. The molecule has 0 aliphatic carbocycles. The Labute approximate surface area is 65.8 Å². The van der Waals surface area contributed by atoms with Crippen LogP contribution in [0.25, 0.3) is 0 Å². The summed E-state index contributed by atoms with van der Waals surface area (Å²) in [5, 5.41) is 2.83. The topological polar surface area (TPSA) is 29.1 Å². The molecule has 10 heavy (non-hydrogen) atoms. The monoisotopic (exact) mass is 159 g/mol. The van der Waals surface area contributed by atoms with Crippen molar-refractivity contribution in [2.75, 3.05) is 18.6 Å². The highest BCUT2D eigenvalue weighted by Gasteiger charge is 2.22. The average Bonchev–Trinajstić information content (AvgIpc) is 2.31. The second-order valence-corrected chi connectivity index (χ2v) is 3.54. The van der Waals surface area contributed by atoms with E-state index in [1.54, 1.807) is 0 Å². The summed E-state index contributed by atoms with van der Waals surface area (Å²) in [6.45, 7) is 0.887. The minimum absolute atomic E-state index is 0.258. The molecule has 0 aromatic carbocycles. The van der Waals surface area contributed by atoms with Gasteiger partial charge in [-0.2, -0.15) is 11.8 Å². The summed E-state index contributed by atoms with van der Waals surface area (Å²) in [6.07, 6.45) is 4.17. The molecular formula is C7H13NOS. The lowest BCUT2D eigenvalue weighted by atomic mass is 10.1. The molecule has 1 fully saturated rings. The number of hydrogen-bond donors (Lipinski definition) is 1. The van der Waals surface area contributed by atoms with Crippen molar-refractivity contribution in [1.29, 1.82) is 0 Å². The van der Waals surface area contributed by atoms with Crippen molar-refractivity contribution in [2.24, 2.45) is 5.92 Å². The highest BCUT2D eigenvalue weighted by molar-refractivity contribution is 7.98. The zero-order chi connectivity index (χ0) is 7.40. The standard InChI is InChI=1S/C7H13NOS/c1-10-5-3-6-2-4-8-7(6)9/h6H,2-5H2,1H3,(H,8,9). The largest absolute Gasteiger partial charge is 0.356 e. The predicted octanol–water partition coefficient (Wildman–Crippen LogP) is 0.876. The zero-order valence-corrected chi connectivity index (χ0v) is 7.04. The van der Waals surface area contributed by atoms with Gasteiger partial charge in [0.05, 0.1) is 0 Å². The lowest BCUT2D eigenvalue weighted by molar-refractivity contribution is -0.122. The van der Waals surface area contributed by atoms with Crippen LogP contribution in [0, 0.1) is 5.92 Å². The number of thioether (sulfide) groups is 1. The fraction of sp³-hybridized carbons (Fsp3) is 0.857. The van der Waals surface area contributed by atoms with Crippen LogP contribution < -0.4 is 5.32 Å². The van der Waals surface area contributed by atoms with E-state index in [-0.39, 0.29) is 5.91 Å². The van der Waals surface area contributed by atoms with Crippen LogP contribution >= 0.6 is 11.8 Å². The van der Waals surface area contributed by atoms with Crippen LogP contribution in [0.1, 0.15) is 12.8 Å². The van der Waals surface area contributed by atoms with E-state index in [9.17, 15) is 4.79 Å². The molecule has 1 aliphatic rings. The van der Waals surface area contributed by atoms with E-state index in [0.717, 1.165) is 25.1 Å². The molecule has 58 valence electrons. The van der Waals surface area contributed by atoms with E-state index in [1.165, 1.54) is 0 Å². The quantitative estimate of drug-likeness (QED) is 0.662. The van der Waals surface area contributed by atoms with Crippen LogP contribution in [-0.2, 0) is 4.79 Å². The van der Waals surface area contributed by atoms with Gasteiger partial charge >= 0.3 is 0 Å². The summed E-state index contributed by atoms with van der Waals surface area (Å²) < 4.78 is 0. The Kier molecular flexibility index (Phi) is 3.06. The third-order valence-corrected chi connectivity index (χ3v) is 2.48. The molecule has 0 spiro atoms. The maximum atomic E-state index is 11.0. The van der Waals surface area contributed by atoms with Gasteiger partial charge in [0.1, 0.15) is 0 Å². The zero-order valence-electron chi connectivity index (χ0n) is 6.22. The Hall–Kier alpha value is -0.180. The van der Waals surface area contributed by atoms with Crippen LogP contribution in [0.2, 0.25) is 0 Å². The van der Waals surface area contributed by atoms with E-state index in [4.69, 9.17) is 0 Å². The van der Waals surface area contributed by atoms with Crippen molar-refractivity contribution in [2.45, 2.75) is 12.8 Å². The molecule has 1 heterocycles. The summed E-state index contributed by atoms with van der Waals surface area (Å²) in [6, 6.07) is 0. The normalized spacial score (nSPS) is 24.9. The first-order valence-corrected chi connectivity index (χ1v) is 5.00. The summed E-state index contributed by atoms with van der Waals surface area (Å²) in [5.41, 5.74) is 0. The molecule has 0 saturated carbocycles. The SMILES string of the molecule is CSCCC1CCNC1=O. The first kappa shape index (κ1) is 7.92. The number of nitrogens with one attached hydrogen (secondary N) is 1. The van der Waals surface area contributed by atoms with Crippen LogP contribution in [0.15, 0.2) is 0 Å². The van der Waals surface area contributed by atoms with Crippen molar-refractivity contribution in [3.05, 3.63) is 0 Å². The Balaban J connectivity index is 2.20. The van der Waals surface area contributed by atoms with Crippen LogP contribution in [-0.4, -0.2) is 24.5 Å².